The predicted octanol–water partition coefficient (Wildman–Crippen LogP) is 4.50. The molecule has 5 aromatic rings. The Bertz CT molecular complexity index is 2020. The minimum atomic E-state index is -0.673. The number of imidazole rings is 1. The van der Waals surface area contributed by atoms with Crippen molar-refractivity contribution < 1.29 is 14.6 Å². The van der Waals surface area contributed by atoms with E-state index in [1.165, 1.54) is 0 Å². The van der Waals surface area contributed by atoms with E-state index in [0.717, 1.165) is 44.8 Å². The number of anilines is 2. The molecule has 1 amide bonds. The third-order valence-corrected chi connectivity index (χ3v) is 7.80. The SMILES string of the molecule is CNC(C)C(=O)Nc1ccc(-c2c(-c3ccnc(OC)c3)nc3cc(C)ccn23)c(C#Cc2ccc3c(c2)C=CC(O)N3C)n1. The van der Waals surface area contributed by atoms with E-state index in [1.54, 1.807) is 44.3 Å². The number of methoxy groups -OCH3 is 1. The number of fused-ring (bicyclic) bond motifs is 2. The highest BCUT2D eigenvalue weighted by Crippen LogP contribution is 2.36. The first-order valence-electron chi connectivity index (χ1n) is 14.5. The van der Waals surface area contributed by atoms with Gasteiger partial charge in [-0.25, -0.2) is 15.0 Å². The summed E-state index contributed by atoms with van der Waals surface area (Å²) in [6.07, 6.45) is 6.63. The van der Waals surface area contributed by atoms with Crippen LogP contribution in [0.1, 0.15) is 29.3 Å². The second-order valence-electron chi connectivity index (χ2n) is 10.8. The van der Waals surface area contributed by atoms with Gasteiger partial charge in [0.1, 0.15) is 23.4 Å². The number of hydrogen-bond donors (Lipinski definition) is 3. The molecule has 4 aromatic heterocycles. The number of carbonyl (C=O) groups is 1. The van der Waals surface area contributed by atoms with Gasteiger partial charge in [0.2, 0.25) is 11.8 Å². The maximum atomic E-state index is 12.7. The summed E-state index contributed by atoms with van der Waals surface area (Å²) in [5, 5.41) is 16.0. The van der Waals surface area contributed by atoms with E-state index in [4.69, 9.17) is 14.7 Å². The van der Waals surface area contributed by atoms with Crippen LogP contribution in [0.25, 0.3) is 34.2 Å². The monoisotopic (exact) mass is 599 g/mol. The Labute approximate surface area is 261 Å². The number of hydrogen-bond acceptors (Lipinski definition) is 8. The largest absolute Gasteiger partial charge is 0.481 e. The molecule has 0 aliphatic carbocycles. The average Bonchev–Trinajstić information content (AvgIpc) is 3.43. The summed E-state index contributed by atoms with van der Waals surface area (Å²) in [4.78, 5) is 28.7. The molecule has 2 atom stereocenters. The van der Waals surface area contributed by atoms with Crippen LogP contribution in [0.3, 0.4) is 0 Å². The number of nitrogens with zero attached hydrogens (tertiary/aromatic N) is 5. The maximum Gasteiger partial charge on any atom is 0.242 e. The smallest absolute Gasteiger partial charge is 0.242 e. The number of carbonyl (C=O) groups excluding carboxylic acids is 1. The molecule has 2 unspecified atom stereocenters. The third kappa shape index (κ3) is 5.87. The first-order valence-corrected chi connectivity index (χ1v) is 14.5. The van der Waals surface area contributed by atoms with Crippen LogP contribution in [0.5, 0.6) is 5.88 Å². The van der Waals surface area contributed by atoms with Gasteiger partial charge < -0.3 is 25.4 Å². The van der Waals surface area contributed by atoms with E-state index < -0.39 is 12.3 Å². The van der Waals surface area contributed by atoms with E-state index in [0.29, 0.717) is 23.1 Å². The molecule has 10 nitrogen and oxygen atoms in total. The summed E-state index contributed by atoms with van der Waals surface area (Å²) in [6, 6.07) is 16.9. The molecular weight excluding hydrogens is 566 g/mol. The lowest BCUT2D eigenvalue weighted by atomic mass is 10.0. The van der Waals surface area contributed by atoms with E-state index >= 15 is 0 Å². The quantitative estimate of drug-likeness (QED) is 0.244. The standard InChI is InChI=1S/C35H33N7O3/c1-21-15-17-42-30(18-21)40-33(25-14-16-37-31(20-25)45-5)34(42)26-9-12-29(39-35(44)22(2)36-3)38-27(26)10-6-23-7-11-28-24(19-23)8-13-32(43)41(28)4/h7-9,11-20,22,32,36,43H,1-5H3,(H,38,39,44). The van der Waals surface area contributed by atoms with Crippen LogP contribution in [0.2, 0.25) is 0 Å². The summed E-state index contributed by atoms with van der Waals surface area (Å²) >= 11 is 0. The van der Waals surface area contributed by atoms with Crippen molar-refractivity contribution in [2.24, 2.45) is 0 Å². The number of pyridine rings is 3. The van der Waals surface area contributed by atoms with Gasteiger partial charge in [-0.05, 0) is 92.5 Å². The van der Waals surface area contributed by atoms with Crippen molar-refractivity contribution in [1.29, 1.82) is 0 Å². The van der Waals surface area contributed by atoms with Crippen LogP contribution in [-0.4, -0.2) is 63.8 Å². The van der Waals surface area contributed by atoms with Gasteiger partial charge in [0.25, 0.3) is 0 Å². The van der Waals surface area contributed by atoms with Gasteiger partial charge in [0.05, 0.1) is 24.5 Å². The van der Waals surface area contributed by atoms with E-state index in [-0.39, 0.29) is 5.91 Å². The van der Waals surface area contributed by atoms with Gasteiger partial charge in [-0.1, -0.05) is 12.0 Å². The van der Waals surface area contributed by atoms with Crippen LogP contribution in [0.15, 0.2) is 73.1 Å². The Kier molecular flexibility index (Phi) is 8.04. The lowest BCUT2D eigenvalue weighted by Gasteiger charge is -2.28. The minimum Gasteiger partial charge on any atom is -0.481 e. The normalized spacial score (nSPS) is 14.4. The predicted molar refractivity (Wildman–Crippen MR) is 176 cm³/mol. The van der Waals surface area contributed by atoms with Gasteiger partial charge in [-0.3, -0.25) is 9.20 Å². The Morgan fingerprint density at radius 2 is 1.93 bits per heavy atom. The zero-order chi connectivity index (χ0) is 31.7. The molecule has 1 aliphatic rings. The minimum absolute atomic E-state index is 0.209. The number of aliphatic hydroxyl groups is 1. The Balaban J connectivity index is 1.53. The molecule has 5 heterocycles. The molecule has 0 saturated carbocycles. The number of aromatic nitrogens is 4. The highest BCUT2D eigenvalue weighted by atomic mass is 16.5. The van der Waals surface area contributed by atoms with Crippen molar-refractivity contribution in [2.75, 3.05) is 31.4 Å². The number of benzene rings is 1. The number of amides is 1. The van der Waals surface area contributed by atoms with E-state index in [1.807, 2.05) is 79.2 Å². The summed E-state index contributed by atoms with van der Waals surface area (Å²) in [5.41, 5.74) is 8.03. The lowest BCUT2D eigenvalue weighted by Crippen LogP contribution is -2.35. The van der Waals surface area contributed by atoms with Crippen LogP contribution in [-0.2, 0) is 4.79 Å². The summed E-state index contributed by atoms with van der Waals surface area (Å²) in [5.74, 6) is 7.21. The van der Waals surface area contributed by atoms with Crippen LogP contribution >= 0.6 is 0 Å². The molecule has 45 heavy (non-hydrogen) atoms. The fourth-order valence-electron chi connectivity index (χ4n) is 5.13. The lowest BCUT2D eigenvalue weighted by molar-refractivity contribution is -0.117. The van der Waals surface area contributed by atoms with Crippen LogP contribution in [0, 0.1) is 18.8 Å². The first kappa shape index (κ1) is 29.6. The van der Waals surface area contributed by atoms with E-state index in [2.05, 4.69) is 27.5 Å². The third-order valence-electron chi connectivity index (χ3n) is 7.80. The average molecular weight is 600 g/mol. The molecule has 6 rings (SSSR count). The number of aryl methyl sites for hydroxylation is 1. The number of aliphatic hydroxyl groups excluding tert-OH is 1. The molecule has 0 spiro atoms. The molecule has 1 aliphatic heterocycles. The Hall–Kier alpha value is -5.50. The Morgan fingerprint density at radius 1 is 1.09 bits per heavy atom. The molecule has 226 valence electrons. The zero-order valence-corrected chi connectivity index (χ0v) is 25.7. The fourth-order valence-corrected chi connectivity index (χ4v) is 5.13. The number of rotatable bonds is 6. The molecule has 0 radical (unpaired) electrons. The van der Waals surface area contributed by atoms with Crippen LogP contribution < -0.4 is 20.3 Å². The topological polar surface area (TPSA) is 117 Å². The van der Waals surface area contributed by atoms with Crippen molar-refractivity contribution in [3.05, 3.63) is 95.5 Å². The Morgan fingerprint density at radius 3 is 2.73 bits per heavy atom. The molecule has 3 N–H and O–H groups in total. The molecule has 1 aromatic carbocycles. The van der Waals surface area contributed by atoms with Crippen molar-refractivity contribution in [1.82, 2.24) is 24.7 Å². The second-order valence-corrected chi connectivity index (χ2v) is 10.8. The number of likely N-dealkylation sites (N-methyl/N-ethyl adjacent to an activating group) is 2. The molecule has 0 bridgehead atoms. The van der Waals surface area contributed by atoms with Crippen LogP contribution in [0.4, 0.5) is 11.5 Å². The highest BCUT2D eigenvalue weighted by Gasteiger charge is 2.21. The van der Waals surface area contributed by atoms with Crippen molar-refractivity contribution in [3.8, 4) is 40.2 Å². The molecule has 0 fully saturated rings. The summed E-state index contributed by atoms with van der Waals surface area (Å²) in [6.45, 7) is 3.80. The maximum absolute atomic E-state index is 12.7. The van der Waals surface area contributed by atoms with Gasteiger partial charge in [-0.2, -0.15) is 0 Å². The molecule has 0 saturated heterocycles. The summed E-state index contributed by atoms with van der Waals surface area (Å²) in [7, 11) is 5.15. The zero-order valence-electron chi connectivity index (χ0n) is 25.7. The van der Waals surface area contributed by atoms with Crippen molar-refractivity contribution in [2.45, 2.75) is 26.1 Å². The fraction of sp³-hybridized carbons (Fsp3) is 0.200. The van der Waals surface area contributed by atoms with Gasteiger partial charge in [0.15, 0.2) is 0 Å². The summed E-state index contributed by atoms with van der Waals surface area (Å²) < 4.78 is 7.43. The molecular formula is C35H33N7O3. The first-order chi connectivity index (χ1) is 21.7. The number of ether oxygens (including phenoxy) is 1. The molecule has 10 heteroatoms. The highest BCUT2D eigenvalue weighted by molar-refractivity contribution is 5.94. The van der Waals surface area contributed by atoms with E-state index in [9.17, 15) is 9.90 Å². The van der Waals surface area contributed by atoms with Gasteiger partial charge in [0, 0.05) is 47.9 Å². The van der Waals surface area contributed by atoms with Gasteiger partial charge >= 0.3 is 0 Å². The second kappa shape index (κ2) is 12.2. The van der Waals surface area contributed by atoms with Crippen molar-refractivity contribution in [3.63, 3.8) is 0 Å². The van der Waals surface area contributed by atoms with Gasteiger partial charge in [-0.15, -0.1) is 0 Å². The van der Waals surface area contributed by atoms with Crippen molar-refractivity contribution >= 4 is 29.1 Å². The number of nitrogens with one attached hydrogen (secondary N) is 2.